The summed E-state index contributed by atoms with van der Waals surface area (Å²) in [5.41, 5.74) is 11.0. The van der Waals surface area contributed by atoms with Gasteiger partial charge < -0.3 is 47.3 Å². The molecule has 2 aliphatic rings. The van der Waals surface area contributed by atoms with E-state index in [9.17, 15) is 13.7 Å². The van der Waals surface area contributed by atoms with Gasteiger partial charge in [0.1, 0.15) is 28.5 Å². The van der Waals surface area contributed by atoms with Gasteiger partial charge in [0.15, 0.2) is 15.4 Å². The fourth-order valence-electron chi connectivity index (χ4n) is 3.00. The number of nitrogens with two attached hydrogens (primary N) is 2. The molecule has 0 aliphatic carbocycles. The smallest absolute Gasteiger partial charge is 0.349 e. The first-order chi connectivity index (χ1) is 21.1. The molecule has 26 heteroatoms. The van der Waals surface area contributed by atoms with Crippen molar-refractivity contribution in [1.82, 2.24) is 20.8 Å². The van der Waals surface area contributed by atoms with E-state index in [0.29, 0.717) is 5.11 Å². The average Bonchev–Trinajstić information content (AvgIpc) is 3.25. The lowest BCUT2D eigenvalue weighted by molar-refractivity contribution is -0.214. The van der Waals surface area contributed by atoms with E-state index in [1.165, 1.54) is 30.7 Å². The molecule has 48 heavy (non-hydrogen) atoms. The minimum Gasteiger partial charge on any atom is -0.400 e. The second-order valence-electron chi connectivity index (χ2n) is 9.95. The van der Waals surface area contributed by atoms with Gasteiger partial charge in [-0.05, 0) is 66.0 Å². The van der Waals surface area contributed by atoms with E-state index in [1.54, 1.807) is 62.7 Å². The summed E-state index contributed by atoms with van der Waals surface area (Å²) in [7, 11) is 0.943. The van der Waals surface area contributed by atoms with E-state index < -0.39 is 42.3 Å². The topological polar surface area (TPSA) is 290 Å². The first-order valence-electron chi connectivity index (χ1n) is 12.7. The molecule has 2 aliphatic heterocycles. The molecule has 0 radical (unpaired) electrons. The van der Waals surface area contributed by atoms with Crippen LogP contribution in [0.25, 0.3) is 0 Å². The molecule has 2 rings (SSSR count). The van der Waals surface area contributed by atoms with Crippen molar-refractivity contribution in [1.29, 1.82) is 0 Å². The van der Waals surface area contributed by atoms with Crippen LogP contribution in [-0.4, -0.2) is 129 Å². The van der Waals surface area contributed by atoms with Crippen LogP contribution in [0.1, 0.15) is 41.5 Å². The number of aliphatic hydroxyl groups excluding tert-OH is 3. The number of guanidine groups is 1. The number of alkyl halides is 3. The van der Waals surface area contributed by atoms with Gasteiger partial charge in [0.2, 0.25) is 14.6 Å². The zero-order valence-electron chi connectivity index (χ0n) is 29.7. The molecule has 2 atom stereocenters. The molecule has 0 spiro atoms. The predicted octanol–water partition coefficient (Wildman–Crippen LogP) is 4.73. The monoisotopic (exact) mass is 854 g/mol. The predicted molar refractivity (Wildman–Crippen MR) is 205 cm³/mol. The number of aliphatic imine (C=N–C) groups is 2. The normalized spacial score (nSPS) is 21.3. The molecule has 0 aromatic carbocycles. The molecule has 0 saturated carbocycles. The maximum Gasteiger partial charge on any atom is 0.349 e. The zero-order valence-corrected chi connectivity index (χ0v) is 36.3. The zero-order chi connectivity index (χ0) is 39.3. The van der Waals surface area contributed by atoms with Gasteiger partial charge in [-0.1, -0.05) is 34.8 Å². The van der Waals surface area contributed by atoms with E-state index in [4.69, 9.17) is 79.1 Å². The van der Waals surface area contributed by atoms with Gasteiger partial charge in [0.05, 0.1) is 12.3 Å². The van der Waals surface area contributed by atoms with Crippen LogP contribution in [0.5, 0.6) is 0 Å². The van der Waals surface area contributed by atoms with Crippen LogP contribution in [-0.2, 0) is 27.6 Å². The van der Waals surface area contributed by atoms with Crippen molar-refractivity contribution in [3.8, 4) is 0 Å². The number of nitrogens with zero attached hydrogens (tertiary/aromatic N) is 4. The molecule has 2 unspecified atom stereocenters. The molecule has 12 N–H and O–H groups in total. The number of halogens is 3. The molecule has 292 valence electrons. The largest absolute Gasteiger partial charge is 0.400 e. The van der Waals surface area contributed by atoms with E-state index in [2.05, 4.69) is 46.6 Å². The lowest BCUT2D eigenvalue weighted by Gasteiger charge is -2.28. The van der Waals surface area contributed by atoms with Gasteiger partial charge in [-0.15, -0.1) is 0 Å². The maximum atomic E-state index is 12.1. The summed E-state index contributed by atoms with van der Waals surface area (Å²) in [6.07, 6.45) is -0.732. The summed E-state index contributed by atoms with van der Waals surface area (Å²) in [6.45, 7) is 10.2. The van der Waals surface area contributed by atoms with Crippen molar-refractivity contribution in [2.24, 2.45) is 21.5 Å². The summed E-state index contributed by atoms with van der Waals surface area (Å²) < 4.78 is 47.0. The summed E-state index contributed by atoms with van der Waals surface area (Å²) in [5.74, 6) is 0.234. The summed E-state index contributed by atoms with van der Waals surface area (Å²) >= 11 is 23.5. The molecule has 1 fully saturated rings. The molecular weight excluding hydrogens is 800 g/mol. The fraction of sp³-hybridized carbons (Fsp3) is 0.864. The lowest BCUT2D eigenvalue weighted by Crippen LogP contribution is -2.34. The average molecular weight is 856 g/mol. The number of hydrogen-bond acceptors (Lipinski definition) is 17. The third-order valence-electron chi connectivity index (χ3n) is 5.79. The van der Waals surface area contributed by atoms with Crippen LogP contribution in [0.15, 0.2) is 9.98 Å². The highest BCUT2D eigenvalue weighted by Crippen LogP contribution is 2.63. The molecule has 18 nitrogen and oxygen atoms in total. The minimum atomic E-state index is -3.09. The number of rotatable bonds is 5. The SMILES string of the molecule is CN1C(=S)NC(C)(C)P1(=O)CO.CN1C(N)=NC(C)(C)P1(=O)CO.CN=C=S.CO.COO.COP(=O)(OC)C(C)(C)N.ClC(Cl)Cl.N. The van der Waals surface area contributed by atoms with E-state index in [1.807, 2.05) is 0 Å². The van der Waals surface area contributed by atoms with Crippen LogP contribution < -0.4 is 22.9 Å². The van der Waals surface area contributed by atoms with Crippen molar-refractivity contribution in [2.75, 3.05) is 62.3 Å². The van der Waals surface area contributed by atoms with Gasteiger partial charge in [-0.2, -0.15) is 0 Å². The number of nitrogens with one attached hydrogen (secondary N) is 1. The summed E-state index contributed by atoms with van der Waals surface area (Å²) in [5, 5.41) is 35.3. The van der Waals surface area contributed by atoms with Crippen molar-refractivity contribution < 1.29 is 48.2 Å². The van der Waals surface area contributed by atoms with Crippen LogP contribution in [0.2, 0.25) is 0 Å². The first kappa shape index (κ1) is 60.1. The van der Waals surface area contributed by atoms with Gasteiger partial charge in [-0.25, -0.2) is 14.9 Å². The second kappa shape index (κ2) is 27.6. The number of isothiocyanates is 1. The fourth-order valence-corrected chi connectivity index (χ4v) is 8.64. The molecule has 1 saturated heterocycles. The van der Waals surface area contributed by atoms with Crippen LogP contribution in [0.4, 0.5) is 0 Å². The first-order valence-corrected chi connectivity index (χ1v) is 20.1. The minimum absolute atomic E-state index is 0. The lowest BCUT2D eigenvalue weighted by atomic mass is 10.4. The Morgan fingerprint density at radius 1 is 1.06 bits per heavy atom. The Hall–Kier alpha value is -0.0400. The Kier molecular flexibility index (Phi) is 34.5. The van der Waals surface area contributed by atoms with Gasteiger partial charge in [0.25, 0.3) is 0 Å². The Balaban J connectivity index is -0.000000116. The third kappa shape index (κ3) is 19.0. The molecule has 2 heterocycles. The highest BCUT2D eigenvalue weighted by Gasteiger charge is 2.51. The standard InChI is InChI=1S/C6H14N3O2P.C6H13N2O2PS.C5H14NO3P.C2H3NS.CHCl3.CH4O2.CH4O.H3N/c1-6(2)8-5(7)9(3)12(6,11)4-10;1-6(2)7-5(12)8(3)11(6,10)4-9;1-5(2,6)10(7,8-3)9-4;1-3-2-4;2-1(3)4;1-3-2;1-2;/h10H,4H2,1-3H3,(H2,7,8);9H,4H2,1-3H3,(H,7,12);6H2,1-4H3;1H3;1H;2H,1H3;2H,1H3;1H3. The van der Waals surface area contributed by atoms with Gasteiger partial charge in [0, 0.05) is 42.5 Å². The Bertz CT molecular complexity index is 1120. The highest BCUT2D eigenvalue weighted by molar-refractivity contribution is 7.82. The Morgan fingerprint density at radius 2 is 1.38 bits per heavy atom. The van der Waals surface area contributed by atoms with Gasteiger partial charge >= 0.3 is 7.60 Å². The van der Waals surface area contributed by atoms with E-state index >= 15 is 0 Å². The number of aliphatic hydroxyl groups is 3. The van der Waals surface area contributed by atoms with Crippen LogP contribution in [0, 0.1) is 0 Å². The second-order valence-corrected chi connectivity index (χ2v) is 22.2. The van der Waals surface area contributed by atoms with Crippen molar-refractivity contribution >= 4 is 97.7 Å². The molecule has 0 bridgehead atoms. The summed E-state index contributed by atoms with van der Waals surface area (Å²) in [6, 6.07) is 0. The van der Waals surface area contributed by atoms with Crippen molar-refractivity contribution in [2.45, 2.75) is 61.7 Å². The number of thiocarbonyl (C=S) groups is 2. The Morgan fingerprint density at radius 3 is 1.46 bits per heavy atom. The van der Waals surface area contributed by atoms with Crippen LogP contribution in [0.3, 0.4) is 0 Å². The number of hydrogen-bond donors (Lipinski definition) is 8. The van der Waals surface area contributed by atoms with Crippen LogP contribution >= 0.6 is 81.4 Å². The van der Waals surface area contributed by atoms with E-state index in [-0.39, 0.29) is 24.8 Å². The maximum absolute atomic E-state index is 12.1. The molecule has 0 aromatic rings. The van der Waals surface area contributed by atoms with Crippen molar-refractivity contribution in [3.05, 3.63) is 0 Å². The molecular formula is C22H56Cl3N8O10P3S2. The molecule has 0 aromatic heterocycles. The summed E-state index contributed by atoms with van der Waals surface area (Å²) in [4.78, 5) is 10.6. The Labute approximate surface area is 310 Å². The van der Waals surface area contributed by atoms with Crippen molar-refractivity contribution in [3.63, 3.8) is 0 Å². The van der Waals surface area contributed by atoms with E-state index in [0.717, 1.165) is 7.11 Å². The third-order valence-corrected chi connectivity index (χ3v) is 15.6. The van der Waals surface area contributed by atoms with Gasteiger partial charge in [-0.3, -0.25) is 28.3 Å². The quantitative estimate of drug-likeness (QED) is 0.0463. The molecule has 0 amide bonds. The highest BCUT2D eigenvalue weighted by atomic mass is 35.6.